The molecule has 26 heavy (non-hydrogen) atoms. The molecule has 2 saturated heterocycles. The zero-order valence-corrected chi connectivity index (χ0v) is 15.6. The van der Waals surface area contributed by atoms with Gasteiger partial charge < -0.3 is 19.5 Å². The van der Waals surface area contributed by atoms with E-state index >= 15 is 0 Å². The number of piperidine rings is 1. The van der Waals surface area contributed by atoms with Crippen LogP contribution >= 0.6 is 0 Å². The Labute approximate surface area is 155 Å². The molecule has 6 nitrogen and oxygen atoms in total. The van der Waals surface area contributed by atoms with Crippen molar-refractivity contribution in [3.05, 3.63) is 29.8 Å². The summed E-state index contributed by atoms with van der Waals surface area (Å²) in [6, 6.07) is 8.14. The monoisotopic (exact) mass is 362 g/mol. The summed E-state index contributed by atoms with van der Waals surface area (Å²) in [6.07, 6.45) is 2.35. The van der Waals surface area contributed by atoms with E-state index in [1.807, 2.05) is 12.1 Å². The lowest BCUT2D eigenvalue weighted by Gasteiger charge is -2.31. The van der Waals surface area contributed by atoms with Gasteiger partial charge in [0.25, 0.3) is 0 Å². The Bertz CT molecular complexity index is 566. The standard InChI is InChI=1S/C20H30N2O4/c1-25-20(24)17-7-11-22(12-8-17)14-18(23)15-26-19-5-3-16(4-6-19)13-21-9-2-10-21/h3-6,17-18,23H,2,7-15H2,1H3. The van der Waals surface area contributed by atoms with Gasteiger partial charge in [0.15, 0.2) is 0 Å². The quantitative estimate of drug-likeness (QED) is 0.708. The van der Waals surface area contributed by atoms with E-state index in [4.69, 9.17) is 9.47 Å². The van der Waals surface area contributed by atoms with Gasteiger partial charge in [-0.15, -0.1) is 0 Å². The molecule has 0 amide bonds. The number of aliphatic hydroxyl groups is 1. The average molecular weight is 362 g/mol. The predicted molar refractivity (Wildman–Crippen MR) is 99.0 cm³/mol. The molecule has 1 aromatic carbocycles. The molecular weight excluding hydrogens is 332 g/mol. The highest BCUT2D eigenvalue weighted by molar-refractivity contribution is 5.72. The van der Waals surface area contributed by atoms with E-state index < -0.39 is 6.10 Å². The summed E-state index contributed by atoms with van der Waals surface area (Å²) in [5.41, 5.74) is 1.30. The van der Waals surface area contributed by atoms with Crippen LogP contribution in [0.2, 0.25) is 0 Å². The van der Waals surface area contributed by atoms with Crippen molar-refractivity contribution in [3.63, 3.8) is 0 Å². The first kappa shape index (κ1) is 19.1. The molecule has 2 fully saturated rings. The minimum absolute atomic E-state index is 0.000537. The molecule has 2 aliphatic heterocycles. The van der Waals surface area contributed by atoms with E-state index in [2.05, 4.69) is 21.9 Å². The number of benzene rings is 1. The number of hydrogen-bond acceptors (Lipinski definition) is 6. The number of nitrogens with zero attached hydrogens (tertiary/aromatic N) is 2. The summed E-state index contributed by atoms with van der Waals surface area (Å²) >= 11 is 0. The summed E-state index contributed by atoms with van der Waals surface area (Å²) in [5.74, 6) is 0.673. The molecule has 2 aliphatic rings. The van der Waals surface area contributed by atoms with Gasteiger partial charge in [-0.1, -0.05) is 12.1 Å². The molecule has 1 atom stereocenters. The van der Waals surface area contributed by atoms with Gasteiger partial charge in [-0.05, 0) is 63.1 Å². The fourth-order valence-electron chi connectivity index (χ4n) is 3.55. The summed E-state index contributed by atoms with van der Waals surface area (Å²) in [6.45, 7) is 5.86. The maximum atomic E-state index is 11.5. The number of methoxy groups -OCH3 is 1. The van der Waals surface area contributed by atoms with Gasteiger partial charge in [0.1, 0.15) is 18.5 Å². The minimum atomic E-state index is -0.537. The van der Waals surface area contributed by atoms with E-state index in [-0.39, 0.29) is 18.5 Å². The number of rotatable bonds is 8. The van der Waals surface area contributed by atoms with Crippen LogP contribution in [0, 0.1) is 5.92 Å². The second-order valence-corrected chi connectivity index (χ2v) is 7.34. The highest BCUT2D eigenvalue weighted by atomic mass is 16.5. The molecule has 2 heterocycles. The minimum Gasteiger partial charge on any atom is -0.491 e. The Hall–Kier alpha value is -1.63. The van der Waals surface area contributed by atoms with Gasteiger partial charge in [-0.3, -0.25) is 9.69 Å². The van der Waals surface area contributed by atoms with Crippen LogP contribution < -0.4 is 4.74 Å². The SMILES string of the molecule is COC(=O)C1CCN(CC(O)COc2ccc(CN3CCC3)cc2)CC1. The Morgan fingerprint density at radius 3 is 2.42 bits per heavy atom. The molecule has 3 rings (SSSR count). The number of carbonyl (C=O) groups is 1. The Morgan fingerprint density at radius 2 is 1.85 bits per heavy atom. The van der Waals surface area contributed by atoms with Crippen LogP contribution in [-0.4, -0.2) is 73.4 Å². The van der Waals surface area contributed by atoms with Crippen molar-refractivity contribution in [2.75, 3.05) is 46.4 Å². The number of esters is 1. The first-order valence-electron chi connectivity index (χ1n) is 9.56. The number of aliphatic hydroxyl groups excluding tert-OH is 1. The van der Waals surface area contributed by atoms with Gasteiger partial charge in [0.05, 0.1) is 13.0 Å². The molecule has 0 spiro atoms. The van der Waals surface area contributed by atoms with Crippen LogP contribution in [0.15, 0.2) is 24.3 Å². The van der Waals surface area contributed by atoms with E-state index in [9.17, 15) is 9.90 Å². The lowest BCUT2D eigenvalue weighted by Crippen LogP contribution is -2.42. The molecule has 1 aromatic rings. The Morgan fingerprint density at radius 1 is 1.15 bits per heavy atom. The van der Waals surface area contributed by atoms with E-state index in [1.54, 1.807) is 0 Å². The first-order chi connectivity index (χ1) is 12.6. The summed E-state index contributed by atoms with van der Waals surface area (Å²) in [7, 11) is 1.44. The number of likely N-dealkylation sites (tertiary alicyclic amines) is 2. The van der Waals surface area contributed by atoms with Gasteiger partial charge in [0, 0.05) is 13.1 Å². The van der Waals surface area contributed by atoms with Crippen LogP contribution in [0.5, 0.6) is 5.75 Å². The van der Waals surface area contributed by atoms with E-state index in [0.717, 1.165) is 38.2 Å². The molecule has 144 valence electrons. The van der Waals surface area contributed by atoms with Gasteiger partial charge in [0.2, 0.25) is 0 Å². The average Bonchev–Trinajstić information content (AvgIpc) is 2.64. The molecule has 0 saturated carbocycles. The zero-order valence-electron chi connectivity index (χ0n) is 15.6. The van der Waals surface area contributed by atoms with Crippen LogP contribution in [0.25, 0.3) is 0 Å². The number of β-amino-alcohol motifs (C(OH)–C–C–N with tert-alkyl or cyclic N) is 1. The van der Waals surface area contributed by atoms with Gasteiger partial charge in [-0.25, -0.2) is 0 Å². The van der Waals surface area contributed by atoms with Crippen LogP contribution in [0.3, 0.4) is 0 Å². The summed E-state index contributed by atoms with van der Waals surface area (Å²) < 4.78 is 10.5. The van der Waals surface area contributed by atoms with Crippen molar-refractivity contribution < 1.29 is 19.4 Å². The molecular formula is C20H30N2O4. The summed E-state index contributed by atoms with van der Waals surface area (Å²) in [5, 5.41) is 10.2. The highest BCUT2D eigenvalue weighted by Gasteiger charge is 2.26. The smallest absolute Gasteiger partial charge is 0.308 e. The van der Waals surface area contributed by atoms with Crippen molar-refractivity contribution in [2.45, 2.75) is 31.9 Å². The third-order valence-electron chi connectivity index (χ3n) is 5.31. The van der Waals surface area contributed by atoms with Crippen molar-refractivity contribution in [3.8, 4) is 5.75 Å². The maximum Gasteiger partial charge on any atom is 0.308 e. The van der Waals surface area contributed by atoms with Crippen LogP contribution in [-0.2, 0) is 16.1 Å². The van der Waals surface area contributed by atoms with Crippen molar-refractivity contribution in [1.29, 1.82) is 0 Å². The lowest BCUT2D eigenvalue weighted by atomic mass is 9.97. The van der Waals surface area contributed by atoms with Crippen molar-refractivity contribution >= 4 is 5.97 Å². The molecule has 0 aliphatic carbocycles. The fourth-order valence-corrected chi connectivity index (χ4v) is 3.55. The second kappa shape index (κ2) is 9.35. The third kappa shape index (κ3) is 5.43. The number of carbonyl (C=O) groups excluding carboxylic acids is 1. The van der Waals surface area contributed by atoms with Crippen molar-refractivity contribution in [2.24, 2.45) is 5.92 Å². The highest BCUT2D eigenvalue weighted by Crippen LogP contribution is 2.19. The number of ether oxygens (including phenoxy) is 2. The summed E-state index contributed by atoms with van der Waals surface area (Å²) in [4.78, 5) is 16.1. The first-order valence-corrected chi connectivity index (χ1v) is 9.56. The van der Waals surface area contributed by atoms with Gasteiger partial charge >= 0.3 is 5.97 Å². The molecule has 0 radical (unpaired) electrons. The zero-order chi connectivity index (χ0) is 18.4. The van der Waals surface area contributed by atoms with Gasteiger partial charge in [-0.2, -0.15) is 0 Å². The lowest BCUT2D eigenvalue weighted by molar-refractivity contribution is -0.147. The molecule has 0 bridgehead atoms. The van der Waals surface area contributed by atoms with Crippen LogP contribution in [0.1, 0.15) is 24.8 Å². The normalized spacial score (nSPS) is 20.4. The fraction of sp³-hybridized carbons (Fsp3) is 0.650. The third-order valence-corrected chi connectivity index (χ3v) is 5.31. The molecule has 6 heteroatoms. The van der Waals surface area contributed by atoms with E-state index in [0.29, 0.717) is 6.54 Å². The topological polar surface area (TPSA) is 62.2 Å². The second-order valence-electron chi connectivity index (χ2n) is 7.34. The predicted octanol–water partition coefficient (Wildman–Crippen LogP) is 1.52. The number of hydrogen-bond donors (Lipinski definition) is 1. The Balaban J connectivity index is 1.35. The largest absolute Gasteiger partial charge is 0.491 e. The van der Waals surface area contributed by atoms with E-state index in [1.165, 1.54) is 32.2 Å². The van der Waals surface area contributed by atoms with Crippen LogP contribution in [0.4, 0.5) is 0 Å². The molecule has 0 aromatic heterocycles. The molecule has 1 unspecified atom stereocenters. The Kier molecular flexibility index (Phi) is 6.88. The maximum absolute atomic E-state index is 11.5. The molecule has 1 N–H and O–H groups in total. The van der Waals surface area contributed by atoms with Crippen molar-refractivity contribution in [1.82, 2.24) is 9.80 Å².